The molecule has 1 aromatic rings. The van der Waals surface area contributed by atoms with Crippen LogP contribution in [0.15, 0.2) is 0 Å². The van der Waals surface area contributed by atoms with Gasteiger partial charge in [-0.15, -0.1) is 0 Å². The van der Waals surface area contributed by atoms with Gasteiger partial charge in [-0.1, -0.05) is 13.8 Å². The van der Waals surface area contributed by atoms with Crippen LogP contribution in [0.25, 0.3) is 0 Å². The quantitative estimate of drug-likeness (QED) is 0.612. The smallest absolute Gasteiger partial charge is 0.297 e. The predicted molar refractivity (Wildman–Crippen MR) is 79.0 cm³/mol. The summed E-state index contributed by atoms with van der Waals surface area (Å²) in [5.74, 6) is 0.390. The first-order chi connectivity index (χ1) is 9.99. The number of anilines is 1. The number of methoxy groups -OCH3 is 1. The van der Waals surface area contributed by atoms with Gasteiger partial charge in [-0.25, -0.2) is 4.98 Å². The van der Waals surface area contributed by atoms with E-state index in [9.17, 15) is 15.4 Å². The second kappa shape index (κ2) is 7.55. The molecule has 21 heavy (non-hydrogen) atoms. The summed E-state index contributed by atoms with van der Waals surface area (Å²) in [6.45, 7) is 5.62. The van der Waals surface area contributed by atoms with Gasteiger partial charge in [-0.05, 0) is 19.8 Å². The van der Waals surface area contributed by atoms with Crippen LogP contribution >= 0.6 is 0 Å². The number of hydrogen-bond donors (Lipinski definition) is 1. The molecule has 0 saturated heterocycles. The number of nitrogens with zero attached hydrogens (tertiary/aromatic N) is 3. The van der Waals surface area contributed by atoms with Crippen LogP contribution in [0, 0.1) is 28.4 Å². The molecule has 0 aliphatic rings. The summed E-state index contributed by atoms with van der Waals surface area (Å²) < 4.78 is 5.02. The Hall–Kier alpha value is -2.20. The van der Waals surface area contributed by atoms with Crippen molar-refractivity contribution in [3.63, 3.8) is 0 Å². The van der Waals surface area contributed by atoms with Gasteiger partial charge in [-0.3, -0.25) is 10.1 Å². The first kappa shape index (κ1) is 16.9. The molecule has 1 heterocycles. The Bertz CT molecular complexity index is 562. The summed E-state index contributed by atoms with van der Waals surface area (Å²) in [4.78, 5) is 14.9. The maximum atomic E-state index is 11.2. The van der Waals surface area contributed by atoms with E-state index in [1.807, 2.05) is 19.9 Å². The van der Waals surface area contributed by atoms with Gasteiger partial charge in [-0.2, -0.15) is 5.26 Å². The lowest BCUT2D eigenvalue weighted by molar-refractivity contribution is -0.386. The minimum Gasteiger partial charge on any atom is -0.380 e. The van der Waals surface area contributed by atoms with E-state index in [0.29, 0.717) is 5.82 Å². The molecule has 0 bridgehead atoms. The average molecular weight is 292 g/mol. The summed E-state index contributed by atoms with van der Waals surface area (Å²) in [6.07, 6.45) is 1.75. The number of nitrogens with one attached hydrogen (secondary N) is 1. The third-order valence-electron chi connectivity index (χ3n) is 3.36. The summed E-state index contributed by atoms with van der Waals surface area (Å²) in [5.41, 5.74) is 0.579. The Morgan fingerprint density at radius 1 is 1.48 bits per heavy atom. The van der Waals surface area contributed by atoms with Crippen LogP contribution in [-0.2, 0) is 11.3 Å². The molecule has 0 fully saturated rings. The lowest BCUT2D eigenvalue weighted by Crippen LogP contribution is -2.20. The Balaban J connectivity index is 3.47. The van der Waals surface area contributed by atoms with Crippen molar-refractivity contribution in [2.45, 2.75) is 46.3 Å². The van der Waals surface area contributed by atoms with Gasteiger partial charge in [0.25, 0.3) is 5.69 Å². The molecular formula is C14H20N4O3. The van der Waals surface area contributed by atoms with Crippen molar-refractivity contribution in [2.24, 2.45) is 0 Å². The Morgan fingerprint density at radius 2 is 2.10 bits per heavy atom. The Kier molecular flexibility index (Phi) is 6.06. The molecule has 0 aromatic carbocycles. The molecular weight excluding hydrogens is 272 g/mol. The Morgan fingerprint density at radius 3 is 2.52 bits per heavy atom. The maximum absolute atomic E-state index is 11.2. The maximum Gasteiger partial charge on any atom is 0.297 e. The number of pyridine rings is 1. The lowest BCUT2D eigenvalue weighted by Gasteiger charge is -2.18. The molecule has 0 atom stereocenters. The summed E-state index contributed by atoms with van der Waals surface area (Å²) in [6, 6.07) is 2.18. The van der Waals surface area contributed by atoms with Gasteiger partial charge in [0.1, 0.15) is 23.1 Å². The monoisotopic (exact) mass is 292 g/mol. The Labute approximate surface area is 124 Å². The van der Waals surface area contributed by atoms with Crippen LogP contribution in [-0.4, -0.2) is 23.1 Å². The molecule has 0 radical (unpaired) electrons. The fraction of sp³-hybridized carbons (Fsp3) is 0.571. The van der Waals surface area contributed by atoms with Gasteiger partial charge in [0.15, 0.2) is 0 Å². The molecule has 1 rings (SSSR count). The summed E-state index contributed by atoms with van der Waals surface area (Å²) >= 11 is 0. The van der Waals surface area contributed by atoms with Crippen molar-refractivity contribution < 1.29 is 9.66 Å². The zero-order chi connectivity index (χ0) is 16.0. The fourth-order valence-electron chi connectivity index (χ4n) is 2.19. The largest absolute Gasteiger partial charge is 0.380 e. The molecule has 7 heteroatoms. The first-order valence-corrected chi connectivity index (χ1v) is 6.83. The third kappa shape index (κ3) is 3.67. The van der Waals surface area contributed by atoms with E-state index in [1.54, 1.807) is 6.92 Å². The number of nitriles is 1. The molecule has 0 aliphatic carbocycles. The molecule has 0 amide bonds. The van der Waals surface area contributed by atoms with E-state index in [2.05, 4.69) is 10.3 Å². The molecule has 0 unspecified atom stereocenters. The van der Waals surface area contributed by atoms with Crippen molar-refractivity contribution >= 4 is 11.5 Å². The lowest BCUT2D eigenvalue weighted by atomic mass is 10.1. The fourth-order valence-corrected chi connectivity index (χ4v) is 2.19. The van der Waals surface area contributed by atoms with E-state index in [4.69, 9.17) is 4.74 Å². The van der Waals surface area contributed by atoms with E-state index in [0.717, 1.165) is 12.8 Å². The zero-order valence-electron chi connectivity index (χ0n) is 12.8. The number of aromatic nitrogens is 1. The molecule has 0 saturated carbocycles. The van der Waals surface area contributed by atoms with Crippen molar-refractivity contribution in [3.05, 3.63) is 26.9 Å². The number of rotatable bonds is 7. The van der Waals surface area contributed by atoms with Gasteiger partial charge in [0, 0.05) is 13.2 Å². The van der Waals surface area contributed by atoms with Crippen LogP contribution in [0.5, 0.6) is 0 Å². The standard InChI is InChI=1S/C14H20N4O3/c1-5-10(6-2)17-14-11(7-15)12(8-21-4)13(18(19)20)9(3)16-14/h10H,5-6,8H2,1-4H3,(H,16,17). The van der Waals surface area contributed by atoms with E-state index in [-0.39, 0.29) is 35.2 Å². The molecule has 1 aromatic heterocycles. The average Bonchev–Trinajstić information content (AvgIpc) is 2.44. The summed E-state index contributed by atoms with van der Waals surface area (Å²) in [5, 5.41) is 23.8. The molecule has 0 aliphatic heterocycles. The second-order valence-corrected chi connectivity index (χ2v) is 4.71. The van der Waals surface area contributed by atoms with Gasteiger partial charge < -0.3 is 10.1 Å². The van der Waals surface area contributed by atoms with Crippen LogP contribution in [0.2, 0.25) is 0 Å². The molecule has 7 nitrogen and oxygen atoms in total. The van der Waals surface area contributed by atoms with Crippen LogP contribution in [0.4, 0.5) is 11.5 Å². The molecule has 0 spiro atoms. The number of aryl methyl sites for hydroxylation is 1. The van der Waals surface area contributed by atoms with Crippen molar-refractivity contribution in [2.75, 3.05) is 12.4 Å². The van der Waals surface area contributed by atoms with Crippen LogP contribution < -0.4 is 5.32 Å². The zero-order valence-corrected chi connectivity index (χ0v) is 12.8. The van der Waals surface area contributed by atoms with Crippen LogP contribution in [0.3, 0.4) is 0 Å². The van der Waals surface area contributed by atoms with E-state index in [1.165, 1.54) is 7.11 Å². The highest BCUT2D eigenvalue weighted by molar-refractivity contribution is 5.64. The van der Waals surface area contributed by atoms with Gasteiger partial charge >= 0.3 is 0 Å². The minimum atomic E-state index is -0.515. The SMILES string of the molecule is CCC(CC)Nc1nc(C)c([N+](=O)[O-])c(COC)c1C#N. The first-order valence-electron chi connectivity index (χ1n) is 6.83. The number of nitro groups is 1. The number of hydrogen-bond acceptors (Lipinski definition) is 6. The predicted octanol–water partition coefficient (Wildman–Crippen LogP) is 2.92. The van der Waals surface area contributed by atoms with E-state index >= 15 is 0 Å². The van der Waals surface area contributed by atoms with Crippen molar-refractivity contribution in [1.29, 1.82) is 5.26 Å². The third-order valence-corrected chi connectivity index (χ3v) is 3.36. The highest BCUT2D eigenvalue weighted by atomic mass is 16.6. The second-order valence-electron chi connectivity index (χ2n) is 4.71. The molecule has 1 N–H and O–H groups in total. The van der Waals surface area contributed by atoms with Crippen LogP contribution in [0.1, 0.15) is 43.5 Å². The normalized spacial score (nSPS) is 10.5. The van der Waals surface area contributed by atoms with Crippen molar-refractivity contribution in [3.8, 4) is 6.07 Å². The highest BCUT2D eigenvalue weighted by Gasteiger charge is 2.26. The van der Waals surface area contributed by atoms with Crippen molar-refractivity contribution in [1.82, 2.24) is 4.98 Å². The topological polar surface area (TPSA) is 101 Å². The van der Waals surface area contributed by atoms with E-state index < -0.39 is 4.92 Å². The molecule has 114 valence electrons. The van der Waals surface area contributed by atoms with Gasteiger partial charge in [0.05, 0.1) is 17.1 Å². The summed E-state index contributed by atoms with van der Waals surface area (Å²) in [7, 11) is 1.44. The highest BCUT2D eigenvalue weighted by Crippen LogP contribution is 2.30. The minimum absolute atomic E-state index is 0.000162. The van der Waals surface area contributed by atoms with Gasteiger partial charge in [0.2, 0.25) is 0 Å². The number of ether oxygens (including phenoxy) is 1.